The summed E-state index contributed by atoms with van der Waals surface area (Å²) in [5.41, 5.74) is -0.121. The van der Waals surface area contributed by atoms with Crippen LogP contribution in [0.3, 0.4) is 0 Å². The molecule has 0 N–H and O–H groups in total. The van der Waals surface area contributed by atoms with Gasteiger partial charge in [0.1, 0.15) is 5.56 Å². The molecule has 2 aromatic rings. The summed E-state index contributed by atoms with van der Waals surface area (Å²) in [6.07, 6.45) is 0. The highest BCUT2D eigenvalue weighted by Crippen LogP contribution is 2.25. The van der Waals surface area contributed by atoms with Crippen molar-refractivity contribution in [3.63, 3.8) is 0 Å². The number of benzene rings is 2. The van der Waals surface area contributed by atoms with Crippen LogP contribution in [0, 0.1) is 42.9 Å². The van der Waals surface area contributed by atoms with Crippen molar-refractivity contribution in [3.8, 4) is 0 Å². The van der Waals surface area contributed by atoms with Crippen LogP contribution in [0.25, 0.3) is 0 Å². The lowest BCUT2D eigenvalue weighted by Gasteiger charge is -2.08. The highest BCUT2D eigenvalue weighted by molar-refractivity contribution is 6.09. The Bertz CT molecular complexity index is 723. The van der Waals surface area contributed by atoms with Gasteiger partial charge in [0, 0.05) is 5.56 Å². The fraction of sp³-hybridized carbons (Fsp3) is 0.133. The van der Waals surface area contributed by atoms with E-state index in [1.54, 1.807) is 13.8 Å². The Morgan fingerprint density at radius 2 is 1.24 bits per heavy atom. The van der Waals surface area contributed by atoms with Crippen LogP contribution in [0.1, 0.15) is 27.0 Å². The molecular weight excluding hydrogens is 291 g/mol. The zero-order chi connectivity index (χ0) is 15.9. The van der Waals surface area contributed by atoms with Crippen molar-refractivity contribution < 1.29 is 26.7 Å². The molecule has 0 bridgehead atoms. The van der Waals surface area contributed by atoms with E-state index in [1.807, 2.05) is 0 Å². The molecule has 0 atom stereocenters. The molecule has 0 radical (unpaired) electrons. The second-order valence-electron chi connectivity index (χ2n) is 4.57. The molecule has 0 fully saturated rings. The number of aryl methyl sites for hydroxylation is 2. The number of carbonyl (C=O) groups is 1. The summed E-state index contributed by atoms with van der Waals surface area (Å²) < 4.78 is 66.3. The van der Waals surface area contributed by atoms with Crippen LogP contribution >= 0.6 is 0 Å². The molecule has 0 aliphatic rings. The predicted octanol–water partition coefficient (Wildman–Crippen LogP) is 4.23. The molecule has 0 saturated heterocycles. The molecule has 0 unspecified atom stereocenters. The number of carbonyl (C=O) groups excluding carboxylic acids is 1. The lowest BCUT2D eigenvalue weighted by molar-refractivity contribution is 0.102. The first kappa shape index (κ1) is 15.2. The Morgan fingerprint density at radius 1 is 0.762 bits per heavy atom. The first-order valence-corrected chi connectivity index (χ1v) is 5.89. The first-order chi connectivity index (χ1) is 9.75. The van der Waals surface area contributed by atoms with Crippen LogP contribution in [-0.2, 0) is 0 Å². The Hall–Kier alpha value is -2.24. The lowest BCUT2D eigenvalue weighted by atomic mass is 9.98. The van der Waals surface area contributed by atoms with Gasteiger partial charge in [-0.25, -0.2) is 22.0 Å². The van der Waals surface area contributed by atoms with E-state index in [4.69, 9.17) is 0 Å². The predicted molar refractivity (Wildman–Crippen MR) is 65.6 cm³/mol. The number of ketones is 1. The van der Waals surface area contributed by atoms with E-state index < -0.39 is 40.4 Å². The third-order valence-electron chi connectivity index (χ3n) is 3.21. The Kier molecular flexibility index (Phi) is 3.80. The van der Waals surface area contributed by atoms with Gasteiger partial charge in [-0.15, -0.1) is 0 Å². The highest BCUT2D eigenvalue weighted by Gasteiger charge is 2.30. The summed E-state index contributed by atoms with van der Waals surface area (Å²) in [7, 11) is 0. The summed E-state index contributed by atoms with van der Waals surface area (Å²) in [6, 6.07) is 4.12. The van der Waals surface area contributed by atoms with E-state index in [1.165, 1.54) is 18.2 Å². The van der Waals surface area contributed by atoms with Gasteiger partial charge >= 0.3 is 0 Å². The topological polar surface area (TPSA) is 17.1 Å². The van der Waals surface area contributed by atoms with Crippen LogP contribution < -0.4 is 0 Å². The van der Waals surface area contributed by atoms with Crippen LogP contribution in [0.4, 0.5) is 22.0 Å². The maximum atomic E-state index is 13.6. The zero-order valence-electron chi connectivity index (χ0n) is 11.0. The van der Waals surface area contributed by atoms with E-state index in [2.05, 4.69) is 0 Å². The molecule has 0 heterocycles. The van der Waals surface area contributed by atoms with Gasteiger partial charge < -0.3 is 0 Å². The SMILES string of the molecule is Cc1ccc(C(=O)c2c(F)c(F)c(F)c(F)c2F)cc1C. The van der Waals surface area contributed by atoms with Crippen molar-refractivity contribution in [1.29, 1.82) is 0 Å². The molecule has 2 aromatic carbocycles. The number of hydrogen-bond acceptors (Lipinski definition) is 1. The minimum absolute atomic E-state index is 0.152. The average Bonchev–Trinajstić information content (AvgIpc) is 2.46. The molecule has 0 amide bonds. The standard InChI is InChI=1S/C15H9F5O/c1-6-3-4-8(5-7(6)2)15(21)9-10(16)12(18)14(20)13(19)11(9)17/h3-5H,1-2H3. The van der Waals surface area contributed by atoms with Crippen molar-refractivity contribution in [1.82, 2.24) is 0 Å². The lowest BCUT2D eigenvalue weighted by Crippen LogP contribution is -2.13. The molecule has 0 aromatic heterocycles. The van der Waals surface area contributed by atoms with Crippen LogP contribution in [-0.4, -0.2) is 5.78 Å². The van der Waals surface area contributed by atoms with Crippen molar-refractivity contribution in [2.24, 2.45) is 0 Å². The van der Waals surface area contributed by atoms with E-state index in [0.29, 0.717) is 5.56 Å². The zero-order valence-corrected chi connectivity index (χ0v) is 11.0. The third-order valence-corrected chi connectivity index (χ3v) is 3.21. The molecular formula is C15H9F5O. The second kappa shape index (κ2) is 5.27. The molecule has 1 nitrogen and oxygen atoms in total. The molecule has 0 aliphatic carbocycles. The minimum Gasteiger partial charge on any atom is -0.288 e. The molecule has 0 aliphatic heterocycles. The highest BCUT2D eigenvalue weighted by atomic mass is 19.2. The Balaban J connectivity index is 2.66. The van der Waals surface area contributed by atoms with Gasteiger partial charge in [-0.2, -0.15) is 0 Å². The van der Waals surface area contributed by atoms with Crippen LogP contribution in [0.5, 0.6) is 0 Å². The normalized spacial score (nSPS) is 10.8. The van der Waals surface area contributed by atoms with Gasteiger partial charge in [-0.05, 0) is 31.0 Å². The smallest absolute Gasteiger partial charge is 0.200 e. The molecule has 0 saturated carbocycles. The van der Waals surface area contributed by atoms with E-state index in [9.17, 15) is 26.7 Å². The summed E-state index contributed by atoms with van der Waals surface area (Å²) in [4.78, 5) is 12.0. The number of rotatable bonds is 2. The fourth-order valence-corrected chi connectivity index (χ4v) is 1.83. The molecule has 110 valence electrons. The van der Waals surface area contributed by atoms with Gasteiger partial charge in [0.15, 0.2) is 29.1 Å². The van der Waals surface area contributed by atoms with Gasteiger partial charge in [0.2, 0.25) is 5.82 Å². The number of halogens is 5. The van der Waals surface area contributed by atoms with E-state index >= 15 is 0 Å². The van der Waals surface area contributed by atoms with Crippen LogP contribution in [0.15, 0.2) is 18.2 Å². The van der Waals surface area contributed by atoms with Crippen molar-refractivity contribution >= 4 is 5.78 Å². The largest absolute Gasteiger partial charge is 0.288 e. The van der Waals surface area contributed by atoms with Crippen molar-refractivity contribution in [2.75, 3.05) is 0 Å². The van der Waals surface area contributed by atoms with Crippen molar-refractivity contribution in [2.45, 2.75) is 13.8 Å². The monoisotopic (exact) mass is 300 g/mol. The molecule has 2 rings (SSSR count). The van der Waals surface area contributed by atoms with Gasteiger partial charge in [0.25, 0.3) is 0 Å². The summed E-state index contributed by atoms with van der Waals surface area (Å²) in [5.74, 6) is -12.1. The van der Waals surface area contributed by atoms with E-state index in [-0.39, 0.29) is 5.56 Å². The van der Waals surface area contributed by atoms with Gasteiger partial charge in [-0.3, -0.25) is 4.79 Å². The number of hydrogen-bond donors (Lipinski definition) is 0. The average molecular weight is 300 g/mol. The van der Waals surface area contributed by atoms with Crippen molar-refractivity contribution in [3.05, 3.63) is 69.5 Å². The maximum Gasteiger partial charge on any atom is 0.200 e. The first-order valence-electron chi connectivity index (χ1n) is 5.89. The molecule has 0 spiro atoms. The fourth-order valence-electron chi connectivity index (χ4n) is 1.83. The summed E-state index contributed by atoms with van der Waals surface area (Å²) >= 11 is 0. The third kappa shape index (κ3) is 2.41. The Labute approximate surface area is 117 Å². The van der Waals surface area contributed by atoms with Crippen LogP contribution in [0.2, 0.25) is 0 Å². The minimum atomic E-state index is -2.29. The van der Waals surface area contributed by atoms with E-state index in [0.717, 1.165) is 5.56 Å². The molecule has 6 heteroatoms. The summed E-state index contributed by atoms with van der Waals surface area (Å²) in [5, 5.41) is 0. The summed E-state index contributed by atoms with van der Waals surface area (Å²) in [6.45, 7) is 3.41. The van der Waals surface area contributed by atoms with Gasteiger partial charge in [0.05, 0.1) is 0 Å². The Morgan fingerprint density at radius 3 is 1.71 bits per heavy atom. The quantitative estimate of drug-likeness (QED) is 0.351. The molecule has 21 heavy (non-hydrogen) atoms. The second-order valence-corrected chi connectivity index (χ2v) is 4.57. The van der Waals surface area contributed by atoms with Gasteiger partial charge in [-0.1, -0.05) is 12.1 Å². The maximum absolute atomic E-state index is 13.6.